The zero-order valence-corrected chi connectivity index (χ0v) is 11.0. The Balaban J connectivity index is 2.35. The van der Waals surface area contributed by atoms with Gasteiger partial charge in [-0.3, -0.25) is 4.79 Å². The molecule has 3 rings (SSSR count). The summed E-state index contributed by atoms with van der Waals surface area (Å²) >= 11 is 0. The van der Waals surface area contributed by atoms with E-state index in [9.17, 15) is 14.0 Å². The van der Waals surface area contributed by atoms with E-state index in [1.54, 1.807) is 6.07 Å². The zero-order valence-electron chi connectivity index (χ0n) is 11.0. The van der Waals surface area contributed by atoms with E-state index in [0.717, 1.165) is 10.6 Å². The Bertz CT molecular complexity index is 942. The Morgan fingerprint density at radius 2 is 1.95 bits per heavy atom. The minimum absolute atomic E-state index is 0.117. The van der Waals surface area contributed by atoms with Crippen LogP contribution < -0.4 is 16.1 Å². The molecule has 0 radical (unpaired) electrons. The molecule has 106 valence electrons. The molecule has 21 heavy (non-hydrogen) atoms. The van der Waals surface area contributed by atoms with E-state index in [1.165, 1.54) is 37.4 Å². The van der Waals surface area contributed by atoms with Crippen molar-refractivity contribution in [3.8, 4) is 11.4 Å². The van der Waals surface area contributed by atoms with E-state index in [1.807, 2.05) is 0 Å². The molecule has 0 atom stereocenters. The topological polar surface area (TPSA) is 61.4 Å². The fourth-order valence-electron chi connectivity index (χ4n) is 2.07. The Labute approximate surface area is 117 Å². The molecule has 0 saturated carbocycles. The van der Waals surface area contributed by atoms with Gasteiger partial charge < -0.3 is 9.15 Å². The normalized spacial score (nSPS) is 10.8. The molecule has 0 amide bonds. The highest BCUT2D eigenvalue weighted by atomic mass is 19.1. The van der Waals surface area contributed by atoms with Gasteiger partial charge in [0.2, 0.25) is 0 Å². The molecule has 0 bridgehead atoms. The molecule has 6 heteroatoms. The Morgan fingerprint density at radius 3 is 2.67 bits per heavy atom. The van der Waals surface area contributed by atoms with E-state index in [2.05, 4.69) is 0 Å². The largest absolute Gasteiger partial charge is 0.497 e. The van der Waals surface area contributed by atoms with Gasteiger partial charge in [-0.25, -0.2) is 13.8 Å². The van der Waals surface area contributed by atoms with Gasteiger partial charge in [-0.15, -0.1) is 0 Å². The lowest BCUT2D eigenvalue weighted by molar-refractivity contribution is 0.413. The van der Waals surface area contributed by atoms with Crippen LogP contribution in [-0.2, 0) is 0 Å². The van der Waals surface area contributed by atoms with Gasteiger partial charge >= 0.3 is 5.76 Å². The van der Waals surface area contributed by atoms with Gasteiger partial charge in [-0.05, 0) is 30.3 Å². The second-order valence-electron chi connectivity index (χ2n) is 4.35. The van der Waals surface area contributed by atoms with Crippen molar-refractivity contribution in [3.63, 3.8) is 0 Å². The maximum Gasteiger partial charge on any atom is 0.426 e. The van der Waals surface area contributed by atoms with Gasteiger partial charge in [0.25, 0.3) is 5.56 Å². The quantitative estimate of drug-likeness (QED) is 0.724. The van der Waals surface area contributed by atoms with Crippen LogP contribution in [0, 0.1) is 5.82 Å². The second kappa shape index (κ2) is 4.90. The fourth-order valence-corrected chi connectivity index (χ4v) is 2.07. The van der Waals surface area contributed by atoms with Gasteiger partial charge in [-0.1, -0.05) is 6.07 Å². The number of ether oxygens (including phenoxy) is 1. The molecule has 0 N–H and O–H groups in total. The fraction of sp³-hybridized carbons (Fsp3) is 0.0667. The molecule has 0 saturated heterocycles. The molecular formula is C15H10FNO4. The number of fused-ring (bicyclic) bond motifs is 1. The van der Waals surface area contributed by atoms with Gasteiger partial charge in [0.1, 0.15) is 17.1 Å². The van der Waals surface area contributed by atoms with Gasteiger partial charge in [0.05, 0.1) is 18.2 Å². The molecule has 0 aliphatic carbocycles. The van der Waals surface area contributed by atoms with Crippen molar-refractivity contribution in [2.45, 2.75) is 0 Å². The van der Waals surface area contributed by atoms with E-state index < -0.39 is 17.1 Å². The summed E-state index contributed by atoms with van der Waals surface area (Å²) in [7, 11) is 1.47. The number of halogens is 1. The first-order chi connectivity index (χ1) is 10.1. The lowest BCUT2D eigenvalue weighted by Gasteiger charge is -2.06. The molecule has 0 unspecified atom stereocenters. The van der Waals surface area contributed by atoms with E-state index in [-0.39, 0.29) is 16.7 Å². The standard InChI is InChI=1S/C15H10FNO4/c1-20-11-5-6-12-13(8-11)21-15(19)17(14(12)18)10-4-2-3-9(16)7-10/h2-8H,1H3. The third-order valence-electron chi connectivity index (χ3n) is 3.07. The van der Waals surface area contributed by atoms with Crippen LogP contribution in [0.4, 0.5) is 4.39 Å². The van der Waals surface area contributed by atoms with Crippen molar-refractivity contribution in [2.75, 3.05) is 7.11 Å². The van der Waals surface area contributed by atoms with Crippen LogP contribution in [0.2, 0.25) is 0 Å². The van der Waals surface area contributed by atoms with E-state index in [4.69, 9.17) is 9.15 Å². The van der Waals surface area contributed by atoms with Crippen molar-refractivity contribution in [3.05, 3.63) is 69.2 Å². The number of benzene rings is 2. The monoisotopic (exact) mass is 287 g/mol. The lowest BCUT2D eigenvalue weighted by atomic mass is 10.2. The van der Waals surface area contributed by atoms with Crippen molar-refractivity contribution in [2.24, 2.45) is 0 Å². The molecular weight excluding hydrogens is 277 g/mol. The minimum Gasteiger partial charge on any atom is -0.497 e. The third-order valence-corrected chi connectivity index (χ3v) is 3.07. The molecule has 0 spiro atoms. The summed E-state index contributed by atoms with van der Waals surface area (Å²) in [4.78, 5) is 24.4. The minimum atomic E-state index is -0.883. The molecule has 1 heterocycles. The summed E-state index contributed by atoms with van der Waals surface area (Å²) in [5.74, 6) is -0.964. The van der Waals surface area contributed by atoms with Crippen molar-refractivity contribution in [1.29, 1.82) is 0 Å². The summed E-state index contributed by atoms with van der Waals surface area (Å²) in [6.45, 7) is 0. The first kappa shape index (κ1) is 13.1. The van der Waals surface area contributed by atoms with Crippen LogP contribution in [0.5, 0.6) is 5.75 Å². The molecule has 0 aliphatic rings. The van der Waals surface area contributed by atoms with Crippen molar-refractivity contribution in [1.82, 2.24) is 4.57 Å². The van der Waals surface area contributed by atoms with Crippen LogP contribution in [0.25, 0.3) is 16.7 Å². The van der Waals surface area contributed by atoms with E-state index >= 15 is 0 Å². The zero-order chi connectivity index (χ0) is 15.0. The van der Waals surface area contributed by atoms with Crippen LogP contribution in [0.3, 0.4) is 0 Å². The molecule has 5 nitrogen and oxygen atoms in total. The number of nitrogens with zero attached hydrogens (tertiary/aromatic N) is 1. The Morgan fingerprint density at radius 1 is 1.14 bits per heavy atom. The van der Waals surface area contributed by atoms with Gasteiger partial charge in [0.15, 0.2) is 0 Å². The highest BCUT2D eigenvalue weighted by molar-refractivity contribution is 5.77. The van der Waals surface area contributed by atoms with Gasteiger partial charge in [0, 0.05) is 6.07 Å². The second-order valence-corrected chi connectivity index (χ2v) is 4.35. The summed E-state index contributed by atoms with van der Waals surface area (Å²) in [5, 5.41) is 0.208. The van der Waals surface area contributed by atoms with Crippen molar-refractivity contribution < 1.29 is 13.5 Å². The summed E-state index contributed by atoms with van der Waals surface area (Å²) < 4.78 is 24.2. The van der Waals surface area contributed by atoms with Crippen LogP contribution in [0.15, 0.2) is 56.5 Å². The number of methoxy groups -OCH3 is 1. The maximum atomic E-state index is 13.3. The predicted octanol–water partition coefficient (Wildman–Crippen LogP) is 2.09. The highest BCUT2D eigenvalue weighted by Gasteiger charge is 2.12. The third kappa shape index (κ3) is 2.20. The number of aromatic nitrogens is 1. The molecule has 1 aromatic heterocycles. The summed E-state index contributed by atoms with van der Waals surface area (Å²) in [6.07, 6.45) is 0. The average Bonchev–Trinajstić information content (AvgIpc) is 2.46. The van der Waals surface area contributed by atoms with E-state index in [0.29, 0.717) is 5.75 Å². The van der Waals surface area contributed by atoms with Crippen LogP contribution in [-0.4, -0.2) is 11.7 Å². The Kier molecular flexibility index (Phi) is 3.06. The summed E-state index contributed by atoms with van der Waals surface area (Å²) in [6, 6.07) is 9.71. The summed E-state index contributed by atoms with van der Waals surface area (Å²) in [5.41, 5.74) is -0.335. The SMILES string of the molecule is COc1ccc2c(=O)n(-c3cccc(F)c3)c(=O)oc2c1. The van der Waals surface area contributed by atoms with Crippen LogP contribution in [0.1, 0.15) is 0 Å². The number of hydrogen-bond donors (Lipinski definition) is 0. The lowest BCUT2D eigenvalue weighted by Crippen LogP contribution is -2.30. The predicted molar refractivity (Wildman–Crippen MR) is 74.6 cm³/mol. The average molecular weight is 287 g/mol. The molecule has 2 aromatic carbocycles. The van der Waals surface area contributed by atoms with Crippen LogP contribution >= 0.6 is 0 Å². The Hall–Kier alpha value is -2.89. The highest BCUT2D eigenvalue weighted by Crippen LogP contribution is 2.17. The first-order valence-corrected chi connectivity index (χ1v) is 6.10. The number of rotatable bonds is 2. The molecule has 3 aromatic rings. The molecule has 0 aliphatic heterocycles. The number of hydrogen-bond acceptors (Lipinski definition) is 4. The van der Waals surface area contributed by atoms with Gasteiger partial charge in [-0.2, -0.15) is 0 Å². The van der Waals surface area contributed by atoms with Crippen molar-refractivity contribution >= 4 is 11.0 Å². The molecule has 0 fully saturated rings. The first-order valence-electron chi connectivity index (χ1n) is 6.10. The maximum absolute atomic E-state index is 13.3. The smallest absolute Gasteiger partial charge is 0.426 e.